The number of unbranched alkanes of at least 4 members (excludes halogenated alkanes) is 12. The fourth-order valence-electron chi connectivity index (χ4n) is 7.59. The van der Waals surface area contributed by atoms with Crippen molar-refractivity contribution in [2.75, 3.05) is 0 Å². The standard InChI is InChI=1S/C40H54FN5O2/c1-4-6-7-8-9-10-11-12-13-14-15-16-17-18-37(48)45-25-34-35(26-45)46(30-19-20-30)40(42-34)39-38-27(3)21-29(22-33(38)43-44-39)31-24-32(41)36(47)23-28(31)5-2/h21-24,30,47H,4-20,25-26H2,1-3H3,(H,43,44). The van der Waals surface area contributed by atoms with Crippen LogP contribution < -0.4 is 0 Å². The molecule has 7 nitrogen and oxygen atoms in total. The molecule has 3 heterocycles. The molecular weight excluding hydrogens is 601 g/mol. The maximum absolute atomic E-state index is 14.4. The van der Waals surface area contributed by atoms with Crippen molar-refractivity contribution >= 4 is 16.8 Å². The Labute approximate surface area is 285 Å². The van der Waals surface area contributed by atoms with Crippen LogP contribution in [0, 0.1) is 12.7 Å². The van der Waals surface area contributed by atoms with Gasteiger partial charge in [0.25, 0.3) is 0 Å². The number of halogens is 1. The number of aromatic nitrogens is 4. The van der Waals surface area contributed by atoms with E-state index in [0.717, 1.165) is 81.7 Å². The minimum atomic E-state index is -0.622. The third-order valence-electron chi connectivity index (χ3n) is 10.5. The summed E-state index contributed by atoms with van der Waals surface area (Å²) in [6, 6.07) is 7.41. The Hall–Kier alpha value is -3.68. The highest BCUT2D eigenvalue weighted by atomic mass is 19.1. The molecule has 1 amide bonds. The molecular formula is C40H54FN5O2. The normalized spacial score (nSPS) is 14.4. The molecule has 0 bridgehead atoms. The fraction of sp³-hybridized carbons (Fsp3) is 0.575. The molecule has 2 aromatic heterocycles. The van der Waals surface area contributed by atoms with Gasteiger partial charge in [-0.1, -0.05) is 97.0 Å². The van der Waals surface area contributed by atoms with Crippen LogP contribution in [0.1, 0.15) is 145 Å². The Bertz CT molecular complexity index is 1720. The van der Waals surface area contributed by atoms with Gasteiger partial charge in [0.1, 0.15) is 5.69 Å². The van der Waals surface area contributed by atoms with Gasteiger partial charge in [-0.25, -0.2) is 9.37 Å². The summed E-state index contributed by atoms with van der Waals surface area (Å²) in [5.74, 6) is 0.170. The predicted molar refractivity (Wildman–Crippen MR) is 191 cm³/mol. The second kappa shape index (κ2) is 15.7. The number of carbonyl (C=O) groups is 1. The smallest absolute Gasteiger partial charge is 0.223 e. The maximum Gasteiger partial charge on any atom is 0.223 e. The van der Waals surface area contributed by atoms with Gasteiger partial charge < -0.3 is 14.6 Å². The highest BCUT2D eigenvalue weighted by Crippen LogP contribution is 2.44. The van der Waals surface area contributed by atoms with Crippen molar-refractivity contribution in [1.82, 2.24) is 24.6 Å². The van der Waals surface area contributed by atoms with E-state index >= 15 is 0 Å². The lowest BCUT2D eigenvalue weighted by atomic mass is 9.94. The van der Waals surface area contributed by atoms with E-state index in [4.69, 9.17) is 10.1 Å². The average molecular weight is 656 g/mol. The molecule has 0 spiro atoms. The molecule has 1 aliphatic heterocycles. The molecule has 4 aromatic rings. The lowest BCUT2D eigenvalue weighted by molar-refractivity contribution is -0.132. The number of phenolic OH excluding ortho intramolecular Hbond substituents is 1. The van der Waals surface area contributed by atoms with Crippen molar-refractivity contribution in [2.45, 2.75) is 149 Å². The number of hydrogen-bond donors (Lipinski definition) is 2. The van der Waals surface area contributed by atoms with Gasteiger partial charge in [-0.2, -0.15) is 5.10 Å². The number of imidazole rings is 1. The summed E-state index contributed by atoms with van der Waals surface area (Å²) < 4.78 is 16.7. The molecule has 2 aliphatic rings. The van der Waals surface area contributed by atoms with E-state index in [1.165, 1.54) is 82.8 Å². The zero-order chi connectivity index (χ0) is 33.6. The largest absolute Gasteiger partial charge is 0.505 e. The number of benzene rings is 2. The third-order valence-corrected chi connectivity index (χ3v) is 10.5. The number of nitrogens with one attached hydrogen (secondary N) is 1. The minimum Gasteiger partial charge on any atom is -0.505 e. The summed E-state index contributed by atoms with van der Waals surface area (Å²) in [7, 11) is 0. The molecule has 8 heteroatoms. The maximum atomic E-state index is 14.4. The van der Waals surface area contributed by atoms with E-state index in [1.807, 2.05) is 17.9 Å². The number of aromatic amines is 1. The van der Waals surface area contributed by atoms with Crippen LogP contribution in [0.2, 0.25) is 0 Å². The number of H-pyrrole nitrogens is 1. The molecule has 0 atom stereocenters. The molecule has 1 saturated carbocycles. The molecule has 1 aliphatic carbocycles. The lowest BCUT2D eigenvalue weighted by Crippen LogP contribution is -2.26. The van der Waals surface area contributed by atoms with Crippen LogP contribution in [0.15, 0.2) is 24.3 Å². The summed E-state index contributed by atoms with van der Waals surface area (Å²) >= 11 is 0. The SMILES string of the molecule is CCCCCCCCCCCCCCCC(=O)N1Cc2nc(-c3n[nH]c4cc(-c5cc(F)c(O)cc5CC)cc(C)c34)n(C3CC3)c2C1. The number of nitrogens with zero attached hydrogens (tertiary/aromatic N) is 4. The van der Waals surface area contributed by atoms with Gasteiger partial charge in [0.05, 0.1) is 30.0 Å². The number of hydrogen-bond acceptors (Lipinski definition) is 4. The number of amides is 1. The Balaban J connectivity index is 1.05. The van der Waals surface area contributed by atoms with E-state index in [1.54, 1.807) is 0 Å². The van der Waals surface area contributed by atoms with Gasteiger partial charge in [-0.15, -0.1) is 0 Å². The van der Waals surface area contributed by atoms with E-state index in [0.29, 0.717) is 32.0 Å². The van der Waals surface area contributed by atoms with Crippen LogP contribution in [0.3, 0.4) is 0 Å². The van der Waals surface area contributed by atoms with Crippen LogP contribution in [-0.4, -0.2) is 35.7 Å². The Morgan fingerprint density at radius 1 is 0.917 bits per heavy atom. The first-order chi connectivity index (χ1) is 23.4. The number of carbonyl (C=O) groups excluding carboxylic acids is 1. The van der Waals surface area contributed by atoms with Gasteiger partial charge in [-0.3, -0.25) is 9.89 Å². The molecule has 0 unspecified atom stereocenters. The molecule has 258 valence electrons. The van der Waals surface area contributed by atoms with E-state index in [9.17, 15) is 14.3 Å². The molecule has 2 aromatic carbocycles. The minimum absolute atomic E-state index is 0.241. The number of phenols is 1. The van der Waals surface area contributed by atoms with Gasteiger partial charge in [0, 0.05) is 17.8 Å². The first-order valence-electron chi connectivity index (χ1n) is 18.8. The number of rotatable bonds is 18. The van der Waals surface area contributed by atoms with E-state index in [-0.39, 0.29) is 11.7 Å². The van der Waals surface area contributed by atoms with Crippen LogP contribution in [-0.2, 0) is 24.3 Å². The highest BCUT2D eigenvalue weighted by molar-refractivity contribution is 5.97. The molecule has 6 rings (SSSR count). The molecule has 48 heavy (non-hydrogen) atoms. The zero-order valence-electron chi connectivity index (χ0n) is 29.3. The quantitative estimate of drug-likeness (QED) is 0.104. The first kappa shape index (κ1) is 34.2. The van der Waals surface area contributed by atoms with Crippen molar-refractivity contribution in [2.24, 2.45) is 0 Å². The summed E-state index contributed by atoms with van der Waals surface area (Å²) in [6.07, 6.45) is 20.5. The zero-order valence-corrected chi connectivity index (χ0v) is 29.3. The number of fused-ring (bicyclic) bond motifs is 2. The van der Waals surface area contributed by atoms with Crippen molar-refractivity contribution in [3.63, 3.8) is 0 Å². The van der Waals surface area contributed by atoms with Crippen LogP contribution in [0.5, 0.6) is 5.75 Å². The van der Waals surface area contributed by atoms with Crippen LogP contribution >= 0.6 is 0 Å². The van der Waals surface area contributed by atoms with Crippen LogP contribution in [0.25, 0.3) is 33.5 Å². The van der Waals surface area contributed by atoms with Crippen molar-refractivity contribution in [3.8, 4) is 28.4 Å². The van der Waals surface area contributed by atoms with Crippen molar-refractivity contribution in [3.05, 3.63) is 52.6 Å². The van der Waals surface area contributed by atoms with Crippen LogP contribution in [0.4, 0.5) is 4.39 Å². The first-order valence-corrected chi connectivity index (χ1v) is 18.8. The lowest BCUT2D eigenvalue weighted by Gasteiger charge is -2.17. The third kappa shape index (κ3) is 7.63. The summed E-state index contributed by atoms with van der Waals surface area (Å²) in [5, 5.41) is 18.9. The Morgan fingerprint density at radius 3 is 2.23 bits per heavy atom. The molecule has 2 N–H and O–H groups in total. The number of aryl methyl sites for hydroxylation is 2. The van der Waals surface area contributed by atoms with Gasteiger partial charge in [-0.05, 0) is 73.1 Å². The summed E-state index contributed by atoms with van der Waals surface area (Å²) in [4.78, 5) is 20.3. The highest BCUT2D eigenvalue weighted by Gasteiger charge is 2.37. The Morgan fingerprint density at radius 2 is 1.58 bits per heavy atom. The van der Waals surface area contributed by atoms with Gasteiger partial charge in [0.2, 0.25) is 5.91 Å². The van der Waals surface area contributed by atoms with E-state index in [2.05, 4.69) is 29.6 Å². The summed E-state index contributed by atoms with van der Waals surface area (Å²) in [6.45, 7) is 7.52. The Kier molecular flexibility index (Phi) is 11.2. The van der Waals surface area contributed by atoms with Crippen molar-refractivity contribution in [1.29, 1.82) is 0 Å². The monoisotopic (exact) mass is 655 g/mol. The number of aromatic hydroxyl groups is 1. The average Bonchev–Trinajstić information content (AvgIpc) is 3.51. The second-order valence-electron chi connectivity index (χ2n) is 14.3. The van der Waals surface area contributed by atoms with Gasteiger partial charge >= 0.3 is 0 Å². The fourth-order valence-corrected chi connectivity index (χ4v) is 7.59. The molecule has 0 saturated heterocycles. The van der Waals surface area contributed by atoms with Gasteiger partial charge in [0.15, 0.2) is 17.4 Å². The topological polar surface area (TPSA) is 87.0 Å². The second-order valence-corrected chi connectivity index (χ2v) is 14.3. The summed E-state index contributed by atoms with van der Waals surface area (Å²) in [5.41, 5.74) is 7.43. The molecule has 0 radical (unpaired) electrons. The predicted octanol–water partition coefficient (Wildman–Crippen LogP) is 10.5. The molecule has 1 fully saturated rings. The van der Waals surface area contributed by atoms with E-state index < -0.39 is 5.82 Å². The van der Waals surface area contributed by atoms with Crippen molar-refractivity contribution < 1.29 is 14.3 Å².